The lowest BCUT2D eigenvalue weighted by Crippen LogP contribution is -2.58. The van der Waals surface area contributed by atoms with E-state index in [2.05, 4.69) is 18.4 Å². The largest absolute Gasteiger partial charge is 0.428 e. The first-order chi connectivity index (χ1) is 8.32. The predicted molar refractivity (Wildman–Crippen MR) is 72.0 cm³/mol. The smallest absolute Gasteiger partial charge is 0.383 e. The summed E-state index contributed by atoms with van der Waals surface area (Å²) in [4.78, 5) is 0. The fourth-order valence-electron chi connectivity index (χ4n) is 3.44. The predicted octanol–water partition coefficient (Wildman–Crippen LogP) is 3.04. The molecule has 0 aromatic rings. The molecule has 1 aliphatic heterocycles. The van der Waals surface area contributed by atoms with Crippen LogP contribution in [0.25, 0.3) is 0 Å². The monoisotopic (exact) mass is 257 g/mol. The van der Waals surface area contributed by atoms with Gasteiger partial charge in [0.25, 0.3) is 0 Å². The molecule has 100 valence electrons. The van der Waals surface area contributed by atoms with E-state index < -0.39 is 8.72 Å². The van der Waals surface area contributed by atoms with E-state index in [1.54, 1.807) is 0 Å². The van der Waals surface area contributed by atoms with Crippen molar-refractivity contribution in [3.8, 4) is 0 Å². The minimum atomic E-state index is -2.02. The van der Waals surface area contributed by atoms with Gasteiger partial charge in [-0.25, -0.2) is 0 Å². The Bertz CT molecular complexity index is 225. The second-order valence-electron chi connectivity index (χ2n) is 5.17. The van der Waals surface area contributed by atoms with Gasteiger partial charge in [0.15, 0.2) is 0 Å². The lowest BCUT2D eigenvalue weighted by Gasteiger charge is -2.40. The molecule has 0 N–H and O–H groups in total. The standard InChI is InChI=1S/C13H27NO2Si/c1-3-15-17(16-4-2)12-8-11-14(17)13-9-6-5-7-10-13/h13H,3-12H2,1-2H3. The molecule has 0 unspecified atom stereocenters. The first kappa shape index (κ1) is 13.5. The molecule has 0 bridgehead atoms. The van der Waals surface area contributed by atoms with Crippen molar-refractivity contribution in [3.63, 3.8) is 0 Å². The van der Waals surface area contributed by atoms with E-state index in [9.17, 15) is 0 Å². The molecular weight excluding hydrogens is 230 g/mol. The molecule has 2 rings (SSSR count). The molecule has 0 aromatic carbocycles. The normalized spacial score (nSPS) is 26.5. The van der Waals surface area contributed by atoms with E-state index in [1.165, 1.54) is 51.1 Å². The summed E-state index contributed by atoms with van der Waals surface area (Å²) in [6, 6.07) is 1.92. The molecular formula is C13H27NO2Si. The van der Waals surface area contributed by atoms with Gasteiger partial charge in [-0.1, -0.05) is 19.3 Å². The zero-order chi connectivity index (χ0) is 12.1. The second-order valence-corrected chi connectivity index (χ2v) is 8.24. The Morgan fingerprint density at radius 1 is 1.00 bits per heavy atom. The van der Waals surface area contributed by atoms with E-state index in [0.717, 1.165) is 19.3 Å². The Morgan fingerprint density at radius 2 is 1.65 bits per heavy atom. The Labute approximate surface area is 107 Å². The van der Waals surface area contributed by atoms with Gasteiger partial charge >= 0.3 is 8.72 Å². The number of nitrogens with zero attached hydrogens (tertiary/aromatic N) is 1. The highest BCUT2D eigenvalue weighted by Gasteiger charge is 2.51. The summed E-state index contributed by atoms with van der Waals surface area (Å²) in [5.74, 6) is 0. The van der Waals surface area contributed by atoms with Crippen molar-refractivity contribution in [2.45, 2.75) is 64.5 Å². The third-order valence-corrected chi connectivity index (χ3v) is 8.01. The van der Waals surface area contributed by atoms with Crippen LogP contribution >= 0.6 is 0 Å². The highest BCUT2D eigenvalue weighted by molar-refractivity contribution is 6.65. The molecule has 4 heteroatoms. The lowest BCUT2D eigenvalue weighted by atomic mass is 9.95. The maximum absolute atomic E-state index is 6.14. The van der Waals surface area contributed by atoms with Crippen LogP contribution in [-0.4, -0.2) is 39.1 Å². The van der Waals surface area contributed by atoms with Gasteiger partial charge in [-0.3, -0.25) is 4.57 Å². The number of rotatable bonds is 5. The van der Waals surface area contributed by atoms with Crippen LogP contribution in [0.3, 0.4) is 0 Å². The average Bonchev–Trinajstić information content (AvgIpc) is 2.75. The van der Waals surface area contributed by atoms with Gasteiger partial charge in [-0.2, -0.15) is 0 Å². The zero-order valence-electron chi connectivity index (χ0n) is 11.4. The van der Waals surface area contributed by atoms with Crippen LogP contribution < -0.4 is 0 Å². The van der Waals surface area contributed by atoms with Gasteiger partial charge in [-0.05, 0) is 39.7 Å². The highest BCUT2D eigenvalue weighted by Crippen LogP contribution is 2.35. The quantitative estimate of drug-likeness (QED) is 0.707. The van der Waals surface area contributed by atoms with Crippen LogP contribution in [0.1, 0.15) is 52.4 Å². The summed E-state index contributed by atoms with van der Waals surface area (Å²) in [6.45, 7) is 7.01. The Balaban J connectivity index is 2.06. The van der Waals surface area contributed by atoms with E-state index in [-0.39, 0.29) is 0 Å². The minimum absolute atomic E-state index is 0.746. The third kappa shape index (κ3) is 2.92. The molecule has 0 amide bonds. The molecule has 2 aliphatic rings. The van der Waals surface area contributed by atoms with Crippen molar-refractivity contribution in [2.75, 3.05) is 19.8 Å². The fraction of sp³-hybridized carbons (Fsp3) is 1.00. The molecule has 3 nitrogen and oxygen atoms in total. The third-order valence-electron chi connectivity index (χ3n) is 4.08. The van der Waals surface area contributed by atoms with E-state index >= 15 is 0 Å². The van der Waals surface area contributed by atoms with Gasteiger partial charge in [0.2, 0.25) is 0 Å². The molecule has 1 saturated carbocycles. The SMILES string of the molecule is CCO[Si]1(OCC)CCCN1C1CCCCC1. The Kier molecular flexibility index (Phi) is 5.03. The van der Waals surface area contributed by atoms with Crippen molar-refractivity contribution in [1.82, 2.24) is 4.57 Å². The fourth-order valence-corrected chi connectivity index (χ4v) is 7.25. The second kappa shape index (κ2) is 6.32. The first-order valence-corrected chi connectivity index (χ1v) is 9.34. The van der Waals surface area contributed by atoms with Gasteiger partial charge in [0.1, 0.15) is 0 Å². The molecule has 1 heterocycles. The summed E-state index contributed by atoms with van der Waals surface area (Å²) in [6.07, 6.45) is 8.18. The summed E-state index contributed by atoms with van der Waals surface area (Å²) < 4.78 is 14.9. The van der Waals surface area contributed by atoms with Crippen LogP contribution in [0.2, 0.25) is 6.04 Å². The molecule has 0 atom stereocenters. The van der Waals surface area contributed by atoms with Gasteiger partial charge in [-0.15, -0.1) is 0 Å². The summed E-state index contributed by atoms with van der Waals surface area (Å²) in [5, 5.41) is 0. The van der Waals surface area contributed by atoms with Gasteiger partial charge in [0.05, 0.1) is 0 Å². The van der Waals surface area contributed by atoms with E-state index in [4.69, 9.17) is 8.85 Å². The van der Waals surface area contributed by atoms with Crippen molar-refractivity contribution in [2.24, 2.45) is 0 Å². The Hall–Kier alpha value is 0.0969. The first-order valence-electron chi connectivity index (χ1n) is 7.37. The topological polar surface area (TPSA) is 21.7 Å². The van der Waals surface area contributed by atoms with Crippen LogP contribution in [-0.2, 0) is 8.85 Å². The Morgan fingerprint density at radius 3 is 2.24 bits per heavy atom. The summed E-state index contributed by atoms with van der Waals surface area (Å²) in [7, 11) is -2.02. The van der Waals surface area contributed by atoms with Crippen molar-refractivity contribution in [3.05, 3.63) is 0 Å². The molecule has 1 saturated heterocycles. The lowest BCUT2D eigenvalue weighted by molar-refractivity contribution is 0.108. The van der Waals surface area contributed by atoms with Crippen molar-refractivity contribution >= 4 is 8.72 Å². The number of hydrogen-bond acceptors (Lipinski definition) is 3. The molecule has 0 spiro atoms. The van der Waals surface area contributed by atoms with Gasteiger partial charge in [0, 0.05) is 25.3 Å². The van der Waals surface area contributed by atoms with Crippen LogP contribution in [0.15, 0.2) is 0 Å². The molecule has 1 aliphatic carbocycles. The van der Waals surface area contributed by atoms with E-state index in [0.29, 0.717) is 0 Å². The molecule has 0 aromatic heterocycles. The van der Waals surface area contributed by atoms with Crippen LogP contribution in [0.5, 0.6) is 0 Å². The maximum Gasteiger partial charge on any atom is 0.428 e. The molecule has 0 radical (unpaired) electrons. The van der Waals surface area contributed by atoms with Crippen LogP contribution in [0.4, 0.5) is 0 Å². The molecule has 17 heavy (non-hydrogen) atoms. The average molecular weight is 257 g/mol. The van der Waals surface area contributed by atoms with Crippen LogP contribution in [0, 0.1) is 0 Å². The summed E-state index contributed by atoms with van der Waals surface area (Å²) >= 11 is 0. The van der Waals surface area contributed by atoms with E-state index in [1.807, 2.05) is 0 Å². The van der Waals surface area contributed by atoms with Crippen molar-refractivity contribution < 1.29 is 8.85 Å². The minimum Gasteiger partial charge on any atom is -0.383 e. The number of hydrogen-bond donors (Lipinski definition) is 0. The van der Waals surface area contributed by atoms with Crippen molar-refractivity contribution in [1.29, 1.82) is 0 Å². The maximum atomic E-state index is 6.14. The zero-order valence-corrected chi connectivity index (χ0v) is 12.4. The molecule has 2 fully saturated rings. The summed E-state index contributed by atoms with van der Waals surface area (Å²) in [5.41, 5.74) is 0. The highest BCUT2D eigenvalue weighted by atomic mass is 28.4. The van der Waals surface area contributed by atoms with Gasteiger partial charge < -0.3 is 8.85 Å².